The van der Waals surface area contributed by atoms with Crippen LogP contribution in [0.4, 0.5) is 10.3 Å². The average Bonchev–Trinajstić information content (AvgIpc) is 3.06. The predicted molar refractivity (Wildman–Crippen MR) is 97.0 cm³/mol. The Labute approximate surface area is 155 Å². The van der Waals surface area contributed by atoms with E-state index in [0.29, 0.717) is 30.5 Å². The zero-order valence-electron chi connectivity index (χ0n) is 14.7. The molecule has 27 heavy (non-hydrogen) atoms. The van der Waals surface area contributed by atoms with Crippen LogP contribution in [-0.2, 0) is 4.74 Å². The van der Waals surface area contributed by atoms with Crippen molar-refractivity contribution in [3.8, 4) is 11.4 Å². The van der Waals surface area contributed by atoms with E-state index in [1.54, 1.807) is 12.4 Å². The summed E-state index contributed by atoms with van der Waals surface area (Å²) in [7, 11) is 0. The van der Waals surface area contributed by atoms with Gasteiger partial charge in [-0.2, -0.15) is 0 Å². The van der Waals surface area contributed by atoms with Gasteiger partial charge in [0.2, 0.25) is 5.95 Å². The summed E-state index contributed by atoms with van der Waals surface area (Å²) >= 11 is 0. The van der Waals surface area contributed by atoms with Gasteiger partial charge in [-0.25, -0.2) is 19.3 Å². The van der Waals surface area contributed by atoms with E-state index in [0.717, 1.165) is 31.6 Å². The molecule has 2 saturated heterocycles. The molecule has 5 heterocycles. The summed E-state index contributed by atoms with van der Waals surface area (Å²) in [4.78, 5) is 17.3. The molecule has 0 aromatic carbocycles. The van der Waals surface area contributed by atoms with E-state index in [1.165, 1.54) is 6.20 Å². The van der Waals surface area contributed by atoms with Gasteiger partial charge in [0, 0.05) is 24.7 Å². The van der Waals surface area contributed by atoms with Crippen molar-refractivity contribution in [2.45, 2.75) is 24.8 Å². The van der Waals surface area contributed by atoms with Gasteiger partial charge in [-0.3, -0.25) is 9.38 Å². The number of nitrogens with one attached hydrogen (secondary N) is 2. The lowest BCUT2D eigenvalue weighted by molar-refractivity contribution is 0.00654. The second-order valence-corrected chi connectivity index (χ2v) is 7.00. The normalized spacial score (nSPS) is 20.6. The van der Waals surface area contributed by atoms with Crippen molar-refractivity contribution in [1.29, 1.82) is 0 Å². The number of anilines is 1. The van der Waals surface area contributed by atoms with E-state index in [-0.39, 0.29) is 17.7 Å². The number of hydrogen-bond donors (Lipinski definition) is 2. The summed E-state index contributed by atoms with van der Waals surface area (Å²) in [5, 5.41) is 6.63. The molecule has 0 radical (unpaired) electrons. The lowest BCUT2D eigenvalue weighted by Gasteiger charge is -2.25. The highest BCUT2D eigenvalue weighted by Crippen LogP contribution is 2.26. The Kier molecular flexibility index (Phi) is 4.17. The fourth-order valence-electron chi connectivity index (χ4n) is 3.47. The zero-order valence-corrected chi connectivity index (χ0v) is 14.7. The van der Waals surface area contributed by atoms with Gasteiger partial charge < -0.3 is 15.4 Å². The fourth-order valence-corrected chi connectivity index (χ4v) is 3.47. The maximum atomic E-state index is 14.5. The van der Waals surface area contributed by atoms with Crippen LogP contribution in [0.5, 0.6) is 0 Å². The Morgan fingerprint density at radius 2 is 2.11 bits per heavy atom. The summed E-state index contributed by atoms with van der Waals surface area (Å²) in [6.45, 7) is 3.20. The van der Waals surface area contributed by atoms with Crippen molar-refractivity contribution < 1.29 is 9.13 Å². The molecule has 2 fully saturated rings. The molecular formula is C18H20FN7O. The number of rotatable bonds is 4. The number of ether oxygens (including phenoxy) is 1. The summed E-state index contributed by atoms with van der Waals surface area (Å²) < 4.78 is 21.6. The van der Waals surface area contributed by atoms with Crippen molar-refractivity contribution in [3.63, 3.8) is 0 Å². The monoisotopic (exact) mass is 369 g/mol. The van der Waals surface area contributed by atoms with Crippen LogP contribution in [-0.4, -0.2) is 56.7 Å². The molecule has 140 valence electrons. The fraction of sp³-hybridized carbons (Fsp3) is 0.444. The zero-order chi connectivity index (χ0) is 18.2. The van der Waals surface area contributed by atoms with Gasteiger partial charge in [0.05, 0.1) is 43.2 Å². The topological polar surface area (TPSA) is 89.3 Å². The van der Waals surface area contributed by atoms with Crippen molar-refractivity contribution in [3.05, 3.63) is 36.3 Å². The van der Waals surface area contributed by atoms with Crippen molar-refractivity contribution in [1.82, 2.24) is 29.7 Å². The van der Waals surface area contributed by atoms with E-state index >= 15 is 0 Å². The number of imidazole rings is 1. The summed E-state index contributed by atoms with van der Waals surface area (Å²) in [5.41, 5.74) is 2.37. The first-order chi connectivity index (χ1) is 13.3. The van der Waals surface area contributed by atoms with E-state index < -0.39 is 5.82 Å². The number of hydrogen-bond acceptors (Lipinski definition) is 7. The van der Waals surface area contributed by atoms with Crippen LogP contribution in [0.25, 0.3) is 17.0 Å². The van der Waals surface area contributed by atoms with Crippen molar-refractivity contribution in [2.75, 3.05) is 31.6 Å². The Hall–Kier alpha value is -2.65. The molecule has 0 bridgehead atoms. The van der Waals surface area contributed by atoms with Gasteiger partial charge in [-0.1, -0.05) is 0 Å². The second-order valence-electron chi connectivity index (χ2n) is 7.00. The van der Waals surface area contributed by atoms with Gasteiger partial charge in [0.25, 0.3) is 0 Å². The number of aromatic nitrogens is 5. The molecule has 0 saturated carbocycles. The Balaban J connectivity index is 1.50. The van der Waals surface area contributed by atoms with Gasteiger partial charge in [0.1, 0.15) is 5.69 Å². The molecule has 0 amide bonds. The molecule has 3 aromatic rings. The van der Waals surface area contributed by atoms with Gasteiger partial charge in [-0.15, -0.1) is 0 Å². The lowest BCUT2D eigenvalue weighted by Crippen LogP contribution is -2.38. The van der Waals surface area contributed by atoms with Gasteiger partial charge in [0.15, 0.2) is 11.5 Å². The van der Waals surface area contributed by atoms with Crippen LogP contribution < -0.4 is 10.6 Å². The van der Waals surface area contributed by atoms with Crippen LogP contribution in [0.15, 0.2) is 24.8 Å². The van der Waals surface area contributed by atoms with Crippen LogP contribution in [0.1, 0.15) is 24.5 Å². The first-order valence-corrected chi connectivity index (χ1v) is 9.19. The minimum atomic E-state index is -0.477. The van der Waals surface area contributed by atoms with Crippen LogP contribution >= 0.6 is 0 Å². The third kappa shape index (κ3) is 3.13. The molecule has 8 nitrogen and oxygen atoms in total. The van der Waals surface area contributed by atoms with Crippen LogP contribution in [0, 0.1) is 5.82 Å². The smallest absolute Gasteiger partial charge is 0.223 e. The lowest BCUT2D eigenvalue weighted by atomic mass is 10.1. The molecule has 0 unspecified atom stereocenters. The summed E-state index contributed by atoms with van der Waals surface area (Å²) in [6, 6.07) is 0.244. The SMILES string of the molecule is Fc1cnc(N[C@@H]2CCCNC2)nc1-c1cnc2cnc(C3COC3)cn12. The van der Waals surface area contributed by atoms with Gasteiger partial charge in [-0.05, 0) is 19.4 Å². The molecule has 2 N–H and O–H groups in total. The highest BCUT2D eigenvalue weighted by atomic mass is 19.1. The summed E-state index contributed by atoms with van der Waals surface area (Å²) in [5.74, 6) is 0.224. The number of halogens is 1. The number of nitrogens with zero attached hydrogens (tertiary/aromatic N) is 5. The standard InChI is InChI=1S/C18H20FN7O/c19-13-5-23-18(24-12-2-1-3-20-4-12)25-17(13)15-6-22-16-7-21-14(8-26(15)16)11-9-27-10-11/h5-8,11-12,20H,1-4,9-10H2,(H,23,24,25)/t12-/m1/s1. The van der Waals surface area contributed by atoms with E-state index in [9.17, 15) is 4.39 Å². The average molecular weight is 369 g/mol. The minimum absolute atomic E-state index is 0.228. The summed E-state index contributed by atoms with van der Waals surface area (Å²) in [6.07, 6.45) is 8.56. The number of fused-ring (bicyclic) bond motifs is 1. The van der Waals surface area contributed by atoms with Crippen LogP contribution in [0.3, 0.4) is 0 Å². The highest BCUT2D eigenvalue weighted by molar-refractivity contribution is 5.61. The van der Waals surface area contributed by atoms with Crippen molar-refractivity contribution >= 4 is 11.6 Å². The molecule has 3 aromatic heterocycles. The molecule has 2 aliphatic heterocycles. The third-order valence-electron chi connectivity index (χ3n) is 5.09. The molecule has 2 aliphatic rings. The molecule has 5 rings (SSSR count). The molecule has 0 aliphatic carbocycles. The minimum Gasteiger partial charge on any atom is -0.380 e. The first-order valence-electron chi connectivity index (χ1n) is 9.19. The van der Waals surface area contributed by atoms with E-state index in [1.807, 2.05) is 10.6 Å². The largest absolute Gasteiger partial charge is 0.380 e. The quantitative estimate of drug-likeness (QED) is 0.722. The van der Waals surface area contributed by atoms with E-state index in [2.05, 4.69) is 30.6 Å². The Morgan fingerprint density at radius 3 is 2.89 bits per heavy atom. The maximum absolute atomic E-state index is 14.5. The maximum Gasteiger partial charge on any atom is 0.223 e. The van der Waals surface area contributed by atoms with E-state index in [4.69, 9.17) is 4.74 Å². The van der Waals surface area contributed by atoms with Crippen molar-refractivity contribution in [2.24, 2.45) is 0 Å². The molecule has 9 heteroatoms. The van der Waals surface area contributed by atoms with Crippen LogP contribution in [0.2, 0.25) is 0 Å². The predicted octanol–water partition coefficient (Wildman–Crippen LogP) is 1.60. The molecular weight excluding hydrogens is 349 g/mol. The van der Waals surface area contributed by atoms with Gasteiger partial charge >= 0.3 is 0 Å². The second kappa shape index (κ2) is 6.82. The third-order valence-corrected chi connectivity index (χ3v) is 5.09. The Morgan fingerprint density at radius 1 is 1.19 bits per heavy atom. The number of piperidine rings is 1. The highest BCUT2D eigenvalue weighted by Gasteiger charge is 2.23. The molecule has 1 atom stereocenters. The first kappa shape index (κ1) is 16.5. The Bertz CT molecular complexity index is 965. The molecule has 0 spiro atoms.